The number of benzene rings is 1. The number of thiophene rings is 1. The molecule has 0 saturated carbocycles. The van der Waals surface area contributed by atoms with Gasteiger partial charge in [-0.1, -0.05) is 17.7 Å². The number of carbonyl (C=O) groups is 1. The highest BCUT2D eigenvalue weighted by Crippen LogP contribution is 2.27. The molecule has 0 saturated heterocycles. The number of rotatable bonds is 5. The molecule has 1 N–H and O–H groups in total. The molecule has 2 rings (SSSR count). The van der Waals surface area contributed by atoms with Crippen LogP contribution < -0.4 is 5.32 Å². The van der Waals surface area contributed by atoms with Crippen molar-refractivity contribution in [2.45, 2.75) is 17.6 Å². The smallest absolute Gasteiger partial charge is 0.225 e. The predicted molar refractivity (Wildman–Crippen MR) is 93.5 cm³/mol. The van der Waals surface area contributed by atoms with Gasteiger partial charge >= 0.3 is 0 Å². The van der Waals surface area contributed by atoms with Crippen LogP contribution in [-0.4, -0.2) is 20.1 Å². The van der Waals surface area contributed by atoms with Gasteiger partial charge in [-0.15, -0.1) is 11.3 Å². The Balaban J connectivity index is 1.99. The van der Waals surface area contributed by atoms with Crippen LogP contribution in [0.2, 0.25) is 5.02 Å². The molecule has 0 unspecified atom stereocenters. The Morgan fingerprint density at radius 2 is 2.05 bits per heavy atom. The lowest BCUT2D eigenvalue weighted by Gasteiger charge is -2.08. The number of aryl methyl sites for hydroxylation is 1. The highest BCUT2D eigenvalue weighted by atomic mass is 79.9. The van der Waals surface area contributed by atoms with Crippen LogP contribution in [0.4, 0.5) is 5.69 Å². The highest BCUT2D eigenvalue weighted by Gasteiger charge is 2.18. The fourth-order valence-corrected chi connectivity index (χ4v) is 5.31. The molecule has 2 aromatic rings. The summed E-state index contributed by atoms with van der Waals surface area (Å²) in [5.41, 5.74) is 1.46. The zero-order valence-electron chi connectivity index (χ0n) is 11.6. The summed E-state index contributed by atoms with van der Waals surface area (Å²) >= 11 is 10.2. The zero-order chi connectivity index (χ0) is 16.3. The number of nitrogens with one attached hydrogen (secondary N) is 1. The van der Waals surface area contributed by atoms with E-state index >= 15 is 0 Å². The van der Waals surface area contributed by atoms with Gasteiger partial charge in [0.15, 0.2) is 9.84 Å². The summed E-state index contributed by atoms with van der Waals surface area (Å²) in [5, 5.41) is 3.20. The molecular weight excluding hydrogens is 410 g/mol. The average molecular weight is 423 g/mol. The van der Waals surface area contributed by atoms with Crippen LogP contribution >= 0.6 is 38.9 Å². The van der Waals surface area contributed by atoms with E-state index in [1.165, 1.54) is 6.07 Å². The summed E-state index contributed by atoms with van der Waals surface area (Å²) in [7, 11) is -3.44. The summed E-state index contributed by atoms with van der Waals surface area (Å²) in [6, 6.07) is 8.36. The third-order valence-electron chi connectivity index (χ3n) is 2.93. The lowest BCUT2D eigenvalue weighted by molar-refractivity contribution is -0.115. The maximum Gasteiger partial charge on any atom is 0.225 e. The molecular formula is C14H13BrClNO3S2. The van der Waals surface area contributed by atoms with E-state index in [1.54, 1.807) is 24.3 Å². The minimum Gasteiger partial charge on any atom is -0.326 e. The number of carbonyl (C=O) groups excluding carboxylic acids is 1. The highest BCUT2D eigenvalue weighted by molar-refractivity contribution is 9.11. The molecule has 0 fully saturated rings. The molecule has 0 spiro atoms. The van der Waals surface area contributed by atoms with Gasteiger partial charge in [0.2, 0.25) is 5.91 Å². The van der Waals surface area contributed by atoms with E-state index in [9.17, 15) is 13.2 Å². The molecule has 0 aliphatic rings. The molecule has 1 heterocycles. The van der Waals surface area contributed by atoms with Gasteiger partial charge in [0.1, 0.15) is 4.21 Å². The van der Waals surface area contributed by atoms with Gasteiger partial charge in [0, 0.05) is 17.1 Å². The van der Waals surface area contributed by atoms with Crippen molar-refractivity contribution in [2.24, 2.45) is 0 Å². The topological polar surface area (TPSA) is 63.2 Å². The first-order chi connectivity index (χ1) is 10.3. The summed E-state index contributed by atoms with van der Waals surface area (Å²) in [5.74, 6) is -0.588. The summed E-state index contributed by atoms with van der Waals surface area (Å²) < 4.78 is 25.2. The molecule has 0 atom stereocenters. The number of hydrogen-bond donors (Lipinski definition) is 1. The normalized spacial score (nSPS) is 11.4. The van der Waals surface area contributed by atoms with Crippen LogP contribution in [-0.2, 0) is 14.6 Å². The largest absolute Gasteiger partial charge is 0.326 e. The molecule has 118 valence electrons. The lowest BCUT2D eigenvalue weighted by atomic mass is 10.2. The third-order valence-corrected chi connectivity index (χ3v) is 7.08. The Hall–Kier alpha value is -0.890. The Kier molecular flexibility index (Phi) is 5.65. The van der Waals surface area contributed by atoms with Crippen molar-refractivity contribution in [3.05, 3.63) is 44.7 Å². The second-order valence-electron chi connectivity index (χ2n) is 4.63. The van der Waals surface area contributed by atoms with Gasteiger partial charge in [-0.05, 0) is 52.7 Å². The van der Waals surface area contributed by atoms with Crippen molar-refractivity contribution in [3.8, 4) is 0 Å². The van der Waals surface area contributed by atoms with Crippen molar-refractivity contribution >= 4 is 60.3 Å². The summed E-state index contributed by atoms with van der Waals surface area (Å²) in [6.45, 7) is 1.84. The van der Waals surface area contributed by atoms with Crippen LogP contribution in [0.15, 0.2) is 38.3 Å². The molecule has 0 aliphatic carbocycles. The van der Waals surface area contributed by atoms with Gasteiger partial charge < -0.3 is 5.32 Å². The second-order valence-corrected chi connectivity index (χ2v) is 9.87. The average Bonchev–Trinajstić information content (AvgIpc) is 2.88. The fraction of sp³-hybridized carbons (Fsp3) is 0.214. The second kappa shape index (κ2) is 7.12. The molecule has 8 heteroatoms. The van der Waals surface area contributed by atoms with Crippen LogP contribution in [0.1, 0.15) is 12.0 Å². The number of halogens is 2. The van der Waals surface area contributed by atoms with Crippen molar-refractivity contribution in [2.75, 3.05) is 11.1 Å². The molecule has 0 radical (unpaired) electrons. The summed E-state index contributed by atoms with van der Waals surface area (Å²) in [4.78, 5) is 11.9. The third kappa shape index (κ3) is 4.55. The van der Waals surface area contributed by atoms with Gasteiger partial charge in [0.05, 0.1) is 9.54 Å². The molecule has 0 bridgehead atoms. The van der Waals surface area contributed by atoms with Crippen molar-refractivity contribution in [1.82, 2.24) is 0 Å². The Morgan fingerprint density at radius 1 is 1.32 bits per heavy atom. The van der Waals surface area contributed by atoms with E-state index in [0.717, 1.165) is 20.7 Å². The van der Waals surface area contributed by atoms with Crippen molar-refractivity contribution in [3.63, 3.8) is 0 Å². The number of hydrogen-bond acceptors (Lipinski definition) is 4. The molecule has 22 heavy (non-hydrogen) atoms. The van der Waals surface area contributed by atoms with E-state index in [-0.39, 0.29) is 22.3 Å². The standard InChI is InChI=1S/C14H13BrClNO3S2/c1-9-2-3-10(16)8-11(9)17-13(18)6-7-22(19,20)14-5-4-12(15)21-14/h2-5,8H,6-7H2,1H3,(H,17,18). The minimum absolute atomic E-state index is 0.107. The number of sulfone groups is 1. The number of amides is 1. The van der Waals surface area contributed by atoms with Crippen LogP contribution in [0.3, 0.4) is 0 Å². The van der Waals surface area contributed by atoms with E-state index in [4.69, 9.17) is 11.6 Å². The van der Waals surface area contributed by atoms with Crippen molar-refractivity contribution in [1.29, 1.82) is 0 Å². The van der Waals surface area contributed by atoms with Gasteiger partial charge in [-0.2, -0.15) is 0 Å². The van der Waals surface area contributed by atoms with Crippen molar-refractivity contribution < 1.29 is 13.2 Å². The fourth-order valence-electron chi connectivity index (χ4n) is 1.73. The van der Waals surface area contributed by atoms with Gasteiger partial charge in [-0.3, -0.25) is 4.79 Å². The maximum absolute atomic E-state index is 12.1. The lowest BCUT2D eigenvalue weighted by Crippen LogP contribution is -2.17. The Labute approximate surface area is 146 Å². The predicted octanol–water partition coefficient (Wildman–Crippen LogP) is 4.27. The maximum atomic E-state index is 12.1. The minimum atomic E-state index is -3.44. The Bertz CT molecular complexity index is 802. The van der Waals surface area contributed by atoms with E-state index in [2.05, 4.69) is 21.2 Å². The number of anilines is 1. The van der Waals surface area contributed by atoms with Crippen LogP contribution in [0.5, 0.6) is 0 Å². The SMILES string of the molecule is Cc1ccc(Cl)cc1NC(=O)CCS(=O)(=O)c1ccc(Br)s1. The first kappa shape index (κ1) is 17.5. The van der Waals surface area contributed by atoms with Gasteiger partial charge in [0.25, 0.3) is 0 Å². The van der Waals surface area contributed by atoms with Crippen LogP contribution in [0.25, 0.3) is 0 Å². The van der Waals surface area contributed by atoms with E-state index in [0.29, 0.717) is 10.7 Å². The van der Waals surface area contributed by atoms with E-state index < -0.39 is 9.84 Å². The first-order valence-corrected chi connectivity index (χ1v) is 9.96. The molecule has 1 aromatic heterocycles. The zero-order valence-corrected chi connectivity index (χ0v) is 15.6. The van der Waals surface area contributed by atoms with Crippen LogP contribution in [0, 0.1) is 6.92 Å². The summed E-state index contributed by atoms with van der Waals surface area (Å²) in [6.07, 6.45) is -0.107. The molecule has 0 aliphatic heterocycles. The molecule has 1 amide bonds. The molecule has 1 aromatic carbocycles. The first-order valence-electron chi connectivity index (χ1n) is 6.32. The molecule has 4 nitrogen and oxygen atoms in total. The Morgan fingerprint density at radius 3 is 2.68 bits per heavy atom. The van der Waals surface area contributed by atoms with Gasteiger partial charge in [-0.25, -0.2) is 8.42 Å². The monoisotopic (exact) mass is 421 g/mol. The van der Waals surface area contributed by atoms with E-state index in [1.807, 2.05) is 6.92 Å². The quantitative estimate of drug-likeness (QED) is 0.782.